The van der Waals surface area contributed by atoms with Crippen LogP contribution in [0.25, 0.3) is 0 Å². The van der Waals surface area contributed by atoms with E-state index in [0.29, 0.717) is 24.7 Å². The quantitative estimate of drug-likeness (QED) is 0.639. The summed E-state index contributed by atoms with van der Waals surface area (Å²) in [5.41, 5.74) is 7.82. The summed E-state index contributed by atoms with van der Waals surface area (Å²) in [6.07, 6.45) is 0.969. The van der Waals surface area contributed by atoms with Crippen LogP contribution in [0.15, 0.2) is 46.9 Å². The minimum absolute atomic E-state index is 0.461. The summed E-state index contributed by atoms with van der Waals surface area (Å²) in [6.45, 7) is 3.04. The third kappa shape index (κ3) is 4.17. The van der Waals surface area contributed by atoms with Crippen molar-refractivity contribution in [3.8, 4) is 11.5 Å². The molecule has 20 heavy (non-hydrogen) atoms. The lowest BCUT2D eigenvalue weighted by molar-refractivity contribution is 0.218. The molecule has 2 rings (SSSR count). The van der Waals surface area contributed by atoms with Crippen LogP contribution in [-0.4, -0.2) is 13.2 Å². The smallest absolute Gasteiger partial charge is 0.142 e. The van der Waals surface area contributed by atoms with Gasteiger partial charge in [-0.3, -0.25) is 0 Å². The van der Waals surface area contributed by atoms with Crippen molar-refractivity contribution >= 4 is 21.6 Å². The lowest BCUT2D eigenvalue weighted by Crippen LogP contribution is -2.10. The molecule has 2 N–H and O–H groups in total. The Morgan fingerprint density at radius 3 is 2.55 bits per heavy atom. The van der Waals surface area contributed by atoms with Crippen molar-refractivity contribution in [2.45, 2.75) is 13.3 Å². The van der Waals surface area contributed by atoms with Gasteiger partial charge in [-0.15, -0.1) is 0 Å². The van der Waals surface area contributed by atoms with E-state index in [9.17, 15) is 0 Å². The first kappa shape index (κ1) is 14.7. The number of hydrogen-bond donors (Lipinski definition) is 1. The molecule has 0 unspecified atom stereocenters. The molecule has 0 aliphatic heterocycles. The highest BCUT2D eigenvalue weighted by Crippen LogP contribution is 2.23. The van der Waals surface area contributed by atoms with Gasteiger partial charge in [-0.2, -0.15) is 0 Å². The SMILES string of the molecule is CCc1ccc(OCCOc2cccc(Br)c2)c(N)c1. The highest BCUT2D eigenvalue weighted by atomic mass is 79.9. The molecule has 0 amide bonds. The van der Waals surface area contributed by atoms with E-state index in [-0.39, 0.29) is 0 Å². The molecule has 0 radical (unpaired) electrons. The molecule has 0 spiro atoms. The van der Waals surface area contributed by atoms with Crippen molar-refractivity contribution in [2.24, 2.45) is 0 Å². The first-order valence-electron chi connectivity index (χ1n) is 6.58. The first-order valence-corrected chi connectivity index (χ1v) is 7.38. The minimum Gasteiger partial charge on any atom is -0.490 e. The van der Waals surface area contributed by atoms with E-state index in [1.54, 1.807) is 0 Å². The summed E-state index contributed by atoms with van der Waals surface area (Å²) in [7, 11) is 0. The zero-order valence-electron chi connectivity index (χ0n) is 11.4. The number of anilines is 1. The molecule has 4 heteroatoms. The van der Waals surface area contributed by atoms with Crippen molar-refractivity contribution in [3.05, 3.63) is 52.5 Å². The van der Waals surface area contributed by atoms with Crippen LogP contribution in [0.4, 0.5) is 5.69 Å². The van der Waals surface area contributed by atoms with Gasteiger partial charge in [0.2, 0.25) is 0 Å². The van der Waals surface area contributed by atoms with Crippen LogP contribution in [0.5, 0.6) is 11.5 Å². The van der Waals surface area contributed by atoms with Crippen molar-refractivity contribution in [3.63, 3.8) is 0 Å². The Labute approximate surface area is 127 Å². The van der Waals surface area contributed by atoms with E-state index >= 15 is 0 Å². The molecule has 3 nitrogen and oxygen atoms in total. The second kappa shape index (κ2) is 7.20. The van der Waals surface area contributed by atoms with Gasteiger partial charge in [0.05, 0.1) is 5.69 Å². The normalized spacial score (nSPS) is 10.3. The van der Waals surface area contributed by atoms with E-state index in [4.69, 9.17) is 15.2 Å². The molecule has 0 aliphatic carbocycles. The standard InChI is InChI=1S/C16H18BrNO2/c1-2-12-6-7-16(15(18)10-12)20-9-8-19-14-5-3-4-13(17)11-14/h3-7,10-11H,2,8-9,18H2,1H3. The zero-order chi connectivity index (χ0) is 14.4. The molecule has 2 aromatic rings. The zero-order valence-corrected chi connectivity index (χ0v) is 13.0. The predicted molar refractivity (Wildman–Crippen MR) is 85.4 cm³/mol. The number of nitrogens with two attached hydrogens (primary N) is 1. The molecule has 0 saturated carbocycles. The fraction of sp³-hybridized carbons (Fsp3) is 0.250. The molecular weight excluding hydrogens is 318 g/mol. The number of benzene rings is 2. The summed E-state index contributed by atoms with van der Waals surface area (Å²) >= 11 is 3.40. The van der Waals surface area contributed by atoms with Gasteiger partial charge in [-0.05, 0) is 42.3 Å². The average Bonchev–Trinajstić information content (AvgIpc) is 2.45. The fourth-order valence-electron chi connectivity index (χ4n) is 1.82. The summed E-state index contributed by atoms with van der Waals surface area (Å²) in [4.78, 5) is 0. The van der Waals surface area contributed by atoms with Crippen molar-refractivity contribution in [2.75, 3.05) is 18.9 Å². The Morgan fingerprint density at radius 1 is 1.05 bits per heavy atom. The average molecular weight is 336 g/mol. The molecular formula is C16H18BrNO2. The van der Waals surface area contributed by atoms with Gasteiger partial charge < -0.3 is 15.2 Å². The van der Waals surface area contributed by atoms with E-state index < -0.39 is 0 Å². The second-order valence-electron chi connectivity index (χ2n) is 4.38. The summed E-state index contributed by atoms with van der Waals surface area (Å²) < 4.78 is 12.2. The maximum atomic E-state index is 5.94. The van der Waals surface area contributed by atoms with Gasteiger partial charge in [0.1, 0.15) is 24.7 Å². The summed E-state index contributed by atoms with van der Waals surface area (Å²) in [5, 5.41) is 0. The van der Waals surface area contributed by atoms with Crippen molar-refractivity contribution in [1.29, 1.82) is 0 Å². The van der Waals surface area contributed by atoms with Gasteiger partial charge in [-0.25, -0.2) is 0 Å². The monoisotopic (exact) mass is 335 g/mol. The Bertz CT molecular complexity index is 572. The van der Waals surface area contributed by atoms with Crippen LogP contribution in [-0.2, 0) is 6.42 Å². The minimum atomic E-state index is 0.461. The molecule has 0 fully saturated rings. The largest absolute Gasteiger partial charge is 0.490 e. The van der Waals surface area contributed by atoms with Gasteiger partial charge in [0.15, 0.2) is 0 Å². The Hall–Kier alpha value is -1.68. The lowest BCUT2D eigenvalue weighted by Gasteiger charge is -2.11. The van der Waals surface area contributed by atoms with Gasteiger partial charge in [0.25, 0.3) is 0 Å². The topological polar surface area (TPSA) is 44.5 Å². The predicted octanol–water partition coefficient (Wildman–Crippen LogP) is 4.05. The maximum Gasteiger partial charge on any atom is 0.142 e. The number of hydrogen-bond acceptors (Lipinski definition) is 3. The van der Waals surface area contributed by atoms with E-state index in [1.807, 2.05) is 42.5 Å². The lowest BCUT2D eigenvalue weighted by atomic mass is 10.1. The third-order valence-corrected chi connectivity index (χ3v) is 3.38. The van der Waals surface area contributed by atoms with Gasteiger partial charge >= 0.3 is 0 Å². The van der Waals surface area contributed by atoms with Crippen LogP contribution in [0.1, 0.15) is 12.5 Å². The van der Waals surface area contributed by atoms with Crippen molar-refractivity contribution in [1.82, 2.24) is 0 Å². The number of halogens is 1. The summed E-state index contributed by atoms with van der Waals surface area (Å²) in [5.74, 6) is 1.53. The maximum absolute atomic E-state index is 5.94. The van der Waals surface area contributed by atoms with Crippen LogP contribution < -0.4 is 15.2 Å². The highest BCUT2D eigenvalue weighted by molar-refractivity contribution is 9.10. The Morgan fingerprint density at radius 2 is 1.85 bits per heavy atom. The number of rotatable bonds is 6. The molecule has 0 heterocycles. The summed E-state index contributed by atoms with van der Waals surface area (Å²) in [6, 6.07) is 13.6. The molecule has 0 bridgehead atoms. The van der Waals surface area contributed by atoms with Crippen LogP contribution in [0, 0.1) is 0 Å². The molecule has 0 aromatic heterocycles. The van der Waals surface area contributed by atoms with Gasteiger partial charge in [-0.1, -0.05) is 35.0 Å². The molecule has 2 aromatic carbocycles. The van der Waals surface area contributed by atoms with E-state index in [1.165, 1.54) is 5.56 Å². The number of nitrogen functional groups attached to an aromatic ring is 1. The second-order valence-corrected chi connectivity index (χ2v) is 5.30. The highest BCUT2D eigenvalue weighted by Gasteiger charge is 2.01. The van der Waals surface area contributed by atoms with Crippen LogP contribution in [0.3, 0.4) is 0 Å². The molecule has 0 atom stereocenters. The fourth-order valence-corrected chi connectivity index (χ4v) is 2.20. The van der Waals surface area contributed by atoms with E-state index in [0.717, 1.165) is 16.6 Å². The van der Waals surface area contributed by atoms with Crippen LogP contribution in [0.2, 0.25) is 0 Å². The molecule has 0 aliphatic rings. The Balaban J connectivity index is 1.81. The molecule has 106 valence electrons. The Kier molecular flexibility index (Phi) is 5.30. The van der Waals surface area contributed by atoms with E-state index in [2.05, 4.69) is 22.9 Å². The molecule has 0 saturated heterocycles. The number of ether oxygens (including phenoxy) is 2. The first-order chi connectivity index (χ1) is 9.69. The van der Waals surface area contributed by atoms with Crippen LogP contribution >= 0.6 is 15.9 Å². The van der Waals surface area contributed by atoms with Gasteiger partial charge in [0, 0.05) is 4.47 Å². The van der Waals surface area contributed by atoms with Crippen molar-refractivity contribution < 1.29 is 9.47 Å². The third-order valence-electron chi connectivity index (χ3n) is 2.89. The number of aryl methyl sites for hydroxylation is 1.